The third-order valence-corrected chi connectivity index (χ3v) is 15.5. The van der Waals surface area contributed by atoms with Crippen LogP contribution in [0, 0.1) is 0 Å². The molecule has 4 atom stereocenters. The van der Waals surface area contributed by atoms with Crippen molar-refractivity contribution in [3.63, 3.8) is 0 Å². The molecule has 5 heterocycles. The van der Waals surface area contributed by atoms with Gasteiger partial charge in [0.15, 0.2) is 17.7 Å². The van der Waals surface area contributed by atoms with E-state index in [1.54, 1.807) is 33.0 Å². The van der Waals surface area contributed by atoms with Crippen molar-refractivity contribution in [2.75, 3.05) is 82.3 Å². The molecule has 2 fully saturated rings. The molecule has 2 saturated heterocycles. The average molecular weight is 948 g/mol. The number of piperazine rings is 1. The zero-order chi connectivity index (χ0) is 45.6. The summed E-state index contributed by atoms with van der Waals surface area (Å²) in [4.78, 5) is 67.8. The van der Waals surface area contributed by atoms with Crippen LogP contribution in [0.1, 0.15) is 67.3 Å². The molecule has 1 aromatic heterocycles. The molecule has 4 aliphatic heterocycles. The number of fused-ring (bicyclic) bond motifs is 5. The second kappa shape index (κ2) is 21.1. The fourth-order valence-corrected chi connectivity index (χ4v) is 11.0. The molecule has 18 heteroatoms. The third kappa shape index (κ3) is 10.2. The standard InChI is InChI=1S/C47H55ClN6O9S2/c1-30(64-65-41-15-8-9-17-49-41)29-62-47(59)54-36-25-40(39(60-3)24-34(36)44(56)52-18-11-14-35(52)45(54)57)61-23-10-4-5-16-42(55)53-28-31(27-48)43-33-13-7-6-12-32(33)38(26-37(43)53)63-46(58)51-21-19-50(2)20-22-51/h6-9,12-13,15,17,24-26,30-31,35,45,57H,4-5,10-11,14,16,18-23,27-29H2,1-3H3/t30?,31-,35?,45?/m1/s1. The zero-order valence-electron chi connectivity index (χ0n) is 36.9. The number of hydrogen-bond donors (Lipinski definition) is 1. The van der Waals surface area contributed by atoms with Crippen LogP contribution in [-0.4, -0.2) is 139 Å². The minimum atomic E-state index is -1.34. The topological polar surface area (TPSA) is 155 Å². The van der Waals surface area contributed by atoms with E-state index in [1.807, 2.05) is 62.5 Å². The van der Waals surface area contributed by atoms with Gasteiger partial charge in [0, 0.05) is 86.5 Å². The van der Waals surface area contributed by atoms with E-state index < -0.39 is 24.5 Å². The number of pyridine rings is 1. The molecule has 0 spiro atoms. The van der Waals surface area contributed by atoms with Crippen molar-refractivity contribution in [3.8, 4) is 17.2 Å². The first-order chi connectivity index (χ1) is 31.6. The summed E-state index contributed by atoms with van der Waals surface area (Å²) in [6, 6.07) is 17.8. The van der Waals surface area contributed by atoms with Crippen LogP contribution in [-0.2, 0) is 9.53 Å². The number of anilines is 2. The summed E-state index contributed by atoms with van der Waals surface area (Å²) >= 11 is 6.52. The van der Waals surface area contributed by atoms with E-state index in [2.05, 4.69) is 9.88 Å². The number of likely N-dealkylation sites (N-methyl/N-ethyl adjacent to an activating group) is 1. The van der Waals surface area contributed by atoms with E-state index in [9.17, 15) is 24.3 Å². The van der Waals surface area contributed by atoms with Gasteiger partial charge in [0.05, 0.1) is 36.7 Å². The van der Waals surface area contributed by atoms with Crippen molar-refractivity contribution >= 4 is 79.3 Å². The van der Waals surface area contributed by atoms with Gasteiger partial charge in [0.25, 0.3) is 5.91 Å². The van der Waals surface area contributed by atoms with Crippen LogP contribution in [0.5, 0.6) is 17.2 Å². The molecule has 3 unspecified atom stereocenters. The number of ether oxygens (including phenoxy) is 4. The quantitative estimate of drug-likeness (QED) is 0.0696. The van der Waals surface area contributed by atoms with Gasteiger partial charge in [-0.25, -0.2) is 19.5 Å². The molecule has 4 aromatic rings. The maximum Gasteiger partial charge on any atom is 0.416 e. The molecule has 0 bridgehead atoms. The lowest BCUT2D eigenvalue weighted by Gasteiger charge is -2.32. The molecule has 8 rings (SSSR count). The van der Waals surface area contributed by atoms with Crippen LogP contribution in [0.2, 0.25) is 0 Å². The van der Waals surface area contributed by atoms with E-state index in [0.29, 0.717) is 87.1 Å². The van der Waals surface area contributed by atoms with Crippen LogP contribution < -0.4 is 24.0 Å². The number of alkyl halides is 1. The summed E-state index contributed by atoms with van der Waals surface area (Å²) in [5.74, 6) is 0.928. The maximum atomic E-state index is 13.9. The van der Waals surface area contributed by atoms with Crippen molar-refractivity contribution < 1.29 is 43.2 Å². The molecular formula is C47H55ClN6O9S2. The van der Waals surface area contributed by atoms with Crippen molar-refractivity contribution in [1.29, 1.82) is 0 Å². The van der Waals surface area contributed by atoms with Gasteiger partial charge < -0.3 is 43.7 Å². The van der Waals surface area contributed by atoms with Crippen LogP contribution in [0.4, 0.5) is 21.0 Å². The van der Waals surface area contributed by atoms with E-state index in [-0.39, 0.29) is 53.9 Å². The largest absolute Gasteiger partial charge is 0.493 e. The van der Waals surface area contributed by atoms with Crippen LogP contribution in [0.3, 0.4) is 0 Å². The third-order valence-electron chi connectivity index (χ3n) is 12.4. The van der Waals surface area contributed by atoms with Crippen LogP contribution >= 0.6 is 33.2 Å². The van der Waals surface area contributed by atoms with Crippen molar-refractivity contribution in [1.82, 2.24) is 19.7 Å². The Labute approximate surface area is 392 Å². The second-order valence-electron chi connectivity index (χ2n) is 16.8. The van der Waals surface area contributed by atoms with Crippen molar-refractivity contribution in [2.24, 2.45) is 0 Å². The van der Waals surface area contributed by atoms with E-state index in [0.717, 1.165) is 34.5 Å². The number of methoxy groups -OCH3 is 1. The monoisotopic (exact) mass is 946 g/mol. The van der Waals surface area contributed by atoms with E-state index in [1.165, 1.54) is 33.6 Å². The molecule has 346 valence electrons. The first-order valence-electron chi connectivity index (χ1n) is 22.2. The minimum Gasteiger partial charge on any atom is -0.493 e. The highest BCUT2D eigenvalue weighted by atomic mass is 35.5. The molecule has 1 N–H and O–H groups in total. The summed E-state index contributed by atoms with van der Waals surface area (Å²) in [5.41, 5.74) is 2.08. The number of benzene rings is 3. The number of halogens is 1. The van der Waals surface area contributed by atoms with Crippen LogP contribution in [0.25, 0.3) is 10.8 Å². The van der Waals surface area contributed by atoms with E-state index in [4.69, 9.17) is 30.5 Å². The molecule has 15 nitrogen and oxygen atoms in total. The van der Waals surface area contributed by atoms with Gasteiger partial charge in [-0.2, -0.15) is 0 Å². The predicted molar refractivity (Wildman–Crippen MR) is 253 cm³/mol. The molecule has 3 aromatic carbocycles. The summed E-state index contributed by atoms with van der Waals surface area (Å²) < 4.78 is 23.7. The first kappa shape index (κ1) is 46.6. The number of aliphatic hydroxyl groups is 1. The fourth-order valence-electron chi connectivity index (χ4n) is 8.92. The average Bonchev–Trinajstić information content (AvgIpc) is 3.96. The highest BCUT2D eigenvalue weighted by Gasteiger charge is 2.45. The summed E-state index contributed by atoms with van der Waals surface area (Å²) in [5, 5.41) is 14.2. The fraction of sp³-hybridized carbons (Fsp3) is 0.468. The number of nitrogens with zero attached hydrogens (tertiary/aromatic N) is 6. The predicted octanol–water partition coefficient (Wildman–Crippen LogP) is 8.01. The normalized spacial score (nSPS) is 20.0. The molecule has 0 radical (unpaired) electrons. The Balaban J connectivity index is 0.908. The van der Waals surface area contributed by atoms with Crippen molar-refractivity contribution in [2.45, 2.75) is 73.9 Å². The number of aliphatic hydroxyl groups excluding tert-OH is 1. The lowest BCUT2D eigenvalue weighted by atomic mass is 9.95. The summed E-state index contributed by atoms with van der Waals surface area (Å²) in [7, 11) is 6.51. The Morgan fingerprint density at radius 2 is 1.69 bits per heavy atom. The number of hydrogen-bond acceptors (Lipinski definition) is 13. The lowest BCUT2D eigenvalue weighted by molar-refractivity contribution is -0.118. The number of aromatic nitrogens is 1. The Morgan fingerprint density at radius 1 is 0.923 bits per heavy atom. The zero-order valence-corrected chi connectivity index (χ0v) is 39.2. The lowest BCUT2D eigenvalue weighted by Crippen LogP contribution is -2.51. The van der Waals surface area contributed by atoms with Crippen molar-refractivity contribution in [3.05, 3.63) is 78.0 Å². The first-order valence-corrected chi connectivity index (χ1v) is 24.9. The molecule has 0 saturated carbocycles. The Hall–Kier alpha value is -4.94. The Bertz CT molecular complexity index is 2370. The molecular weight excluding hydrogens is 892 g/mol. The molecule has 4 amide bonds. The Morgan fingerprint density at radius 3 is 2.45 bits per heavy atom. The number of carbonyl (C=O) groups is 4. The van der Waals surface area contributed by atoms with Gasteiger partial charge in [-0.1, -0.05) is 41.1 Å². The molecule has 65 heavy (non-hydrogen) atoms. The SMILES string of the molecule is COc1cc2c(cc1OCCCCCC(=O)N1C[C@@H](CCl)c3c1cc(OC(=O)N1CCN(C)CC1)c1ccccc31)N(C(=O)OCC(C)SSc1ccccn1)C(O)C1CCCN1C2=O. The molecule has 0 aliphatic carbocycles. The highest BCUT2D eigenvalue weighted by Crippen LogP contribution is 2.46. The van der Waals surface area contributed by atoms with Gasteiger partial charge in [-0.05, 0) is 86.0 Å². The van der Waals surface area contributed by atoms with Crippen LogP contribution in [0.15, 0.2) is 71.9 Å². The number of carbonyl (C=O) groups excluding carboxylic acids is 4. The van der Waals surface area contributed by atoms with Gasteiger partial charge in [-0.3, -0.25) is 9.59 Å². The maximum absolute atomic E-state index is 13.9. The number of rotatable bonds is 15. The number of amides is 4. The molecule has 4 aliphatic rings. The highest BCUT2D eigenvalue weighted by molar-refractivity contribution is 8.76. The smallest absolute Gasteiger partial charge is 0.416 e. The summed E-state index contributed by atoms with van der Waals surface area (Å²) in [6.45, 7) is 5.84. The number of unbranched alkanes of at least 4 members (excludes halogenated alkanes) is 2. The van der Waals surface area contributed by atoms with E-state index >= 15 is 0 Å². The second-order valence-corrected chi connectivity index (χ2v) is 19.7. The Kier molecular flexibility index (Phi) is 15.1. The van der Waals surface area contributed by atoms with Gasteiger partial charge in [0.1, 0.15) is 17.4 Å². The summed E-state index contributed by atoms with van der Waals surface area (Å²) in [6.07, 6.45) is 2.57. The minimum absolute atomic E-state index is 0.0468. The van der Waals surface area contributed by atoms with Gasteiger partial charge >= 0.3 is 12.2 Å². The van der Waals surface area contributed by atoms with Gasteiger partial charge in [-0.15, -0.1) is 11.6 Å². The van der Waals surface area contributed by atoms with Gasteiger partial charge in [0.2, 0.25) is 5.91 Å².